The molecule has 0 N–H and O–H groups in total. The van der Waals surface area contributed by atoms with E-state index in [1.165, 1.54) is 6.26 Å². The van der Waals surface area contributed by atoms with Crippen molar-refractivity contribution in [2.45, 2.75) is 18.5 Å². The SMILES string of the molecule is CS(=O)(=O)N1C[C@@H]2C[C@H]1CN2c1ccccc1Cl. The molecule has 1 aromatic carbocycles. The van der Waals surface area contributed by atoms with E-state index in [9.17, 15) is 8.42 Å². The number of rotatable bonds is 2. The van der Waals surface area contributed by atoms with E-state index in [4.69, 9.17) is 11.6 Å². The van der Waals surface area contributed by atoms with Crippen LogP contribution < -0.4 is 4.90 Å². The molecule has 0 saturated carbocycles. The Balaban J connectivity index is 1.85. The van der Waals surface area contributed by atoms with Gasteiger partial charge in [-0.25, -0.2) is 8.42 Å². The third kappa shape index (κ3) is 1.90. The molecule has 3 rings (SSSR count). The van der Waals surface area contributed by atoms with Crippen molar-refractivity contribution < 1.29 is 8.42 Å². The van der Waals surface area contributed by atoms with Gasteiger partial charge in [0, 0.05) is 25.2 Å². The highest BCUT2D eigenvalue weighted by molar-refractivity contribution is 7.88. The van der Waals surface area contributed by atoms with Gasteiger partial charge in [-0.05, 0) is 18.6 Å². The zero-order valence-electron chi connectivity index (χ0n) is 10.1. The van der Waals surface area contributed by atoms with E-state index < -0.39 is 10.0 Å². The predicted octanol–water partition coefficient (Wildman–Crippen LogP) is 1.56. The number of hydrogen-bond acceptors (Lipinski definition) is 3. The highest BCUT2D eigenvalue weighted by Gasteiger charge is 2.47. The fourth-order valence-corrected chi connectivity index (χ4v) is 4.40. The van der Waals surface area contributed by atoms with Crippen molar-refractivity contribution in [1.29, 1.82) is 0 Å². The Labute approximate surface area is 112 Å². The van der Waals surface area contributed by atoms with Crippen LogP contribution in [0.2, 0.25) is 5.02 Å². The van der Waals surface area contributed by atoms with Crippen molar-refractivity contribution >= 4 is 27.3 Å². The number of nitrogens with zero attached hydrogens (tertiary/aromatic N) is 2. The zero-order chi connectivity index (χ0) is 12.9. The number of halogens is 1. The van der Waals surface area contributed by atoms with Crippen LogP contribution in [-0.4, -0.2) is 44.2 Å². The molecular weight excluding hydrogens is 272 g/mol. The Morgan fingerprint density at radius 2 is 1.94 bits per heavy atom. The van der Waals surface area contributed by atoms with Crippen LogP contribution in [0.5, 0.6) is 0 Å². The summed E-state index contributed by atoms with van der Waals surface area (Å²) in [7, 11) is -3.08. The molecule has 0 spiro atoms. The monoisotopic (exact) mass is 286 g/mol. The minimum absolute atomic E-state index is 0.0984. The van der Waals surface area contributed by atoms with Gasteiger partial charge in [-0.3, -0.25) is 0 Å². The lowest BCUT2D eigenvalue weighted by Gasteiger charge is -2.34. The third-order valence-electron chi connectivity index (χ3n) is 3.78. The molecule has 1 aromatic rings. The Kier molecular flexibility index (Phi) is 2.80. The van der Waals surface area contributed by atoms with Gasteiger partial charge in [0.2, 0.25) is 10.0 Å². The van der Waals surface area contributed by atoms with Gasteiger partial charge >= 0.3 is 0 Å². The third-order valence-corrected chi connectivity index (χ3v) is 5.40. The first-order chi connectivity index (χ1) is 8.47. The summed E-state index contributed by atoms with van der Waals surface area (Å²) in [5.74, 6) is 0. The minimum Gasteiger partial charge on any atom is -0.364 e. The van der Waals surface area contributed by atoms with E-state index in [0.29, 0.717) is 6.54 Å². The van der Waals surface area contributed by atoms with E-state index in [1.54, 1.807) is 4.31 Å². The van der Waals surface area contributed by atoms with E-state index in [2.05, 4.69) is 4.90 Å². The second-order valence-electron chi connectivity index (χ2n) is 4.98. The summed E-state index contributed by atoms with van der Waals surface area (Å²) in [4.78, 5) is 2.23. The fraction of sp³-hybridized carbons (Fsp3) is 0.500. The number of hydrogen-bond donors (Lipinski definition) is 0. The average Bonchev–Trinajstić information content (AvgIpc) is 2.87. The van der Waals surface area contributed by atoms with Crippen molar-refractivity contribution in [2.24, 2.45) is 0 Å². The van der Waals surface area contributed by atoms with E-state index >= 15 is 0 Å². The maximum Gasteiger partial charge on any atom is 0.211 e. The lowest BCUT2D eigenvalue weighted by atomic mass is 10.2. The number of anilines is 1. The van der Waals surface area contributed by atoms with Crippen LogP contribution in [0.3, 0.4) is 0 Å². The van der Waals surface area contributed by atoms with Crippen LogP contribution in [-0.2, 0) is 10.0 Å². The summed E-state index contributed by atoms with van der Waals surface area (Å²) < 4.78 is 24.8. The first-order valence-electron chi connectivity index (χ1n) is 5.95. The first kappa shape index (κ1) is 12.3. The molecule has 2 aliphatic heterocycles. The molecule has 0 amide bonds. The predicted molar refractivity (Wildman–Crippen MR) is 72.5 cm³/mol. The number of benzene rings is 1. The van der Waals surface area contributed by atoms with Gasteiger partial charge in [0.05, 0.1) is 17.0 Å². The van der Waals surface area contributed by atoms with Crippen molar-refractivity contribution in [1.82, 2.24) is 4.31 Å². The second kappa shape index (κ2) is 4.11. The number of piperazine rings is 1. The van der Waals surface area contributed by atoms with Gasteiger partial charge in [-0.2, -0.15) is 4.31 Å². The standard InChI is InChI=1S/C12H15ClN2O2S/c1-18(16,17)15-8-9-6-10(15)7-14(9)12-5-3-2-4-11(12)13/h2-5,9-10H,6-8H2,1H3/t9-,10-/m0/s1. The highest BCUT2D eigenvalue weighted by atomic mass is 35.5. The first-order valence-corrected chi connectivity index (χ1v) is 8.17. The Morgan fingerprint density at radius 1 is 1.22 bits per heavy atom. The van der Waals surface area contributed by atoms with Gasteiger partial charge in [0.15, 0.2) is 0 Å². The van der Waals surface area contributed by atoms with Crippen molar-refractivity contribution in [3.63, 3.8) is 0 Å². The molecule has 2 bridgehead atoms. The van der Waals surface area contributed by atoms with E-state index in [1.807, 2.05) is 24.3 Å². The molecule has 2 heterocycles. The molecule has 2 atom stereocenters. The Hall–Kier alpha value is -0.780. The summed E-state index contributed by atoms with van der Waals surface area (Å²) >= 11 is 6.19. The van der Waals surface area contributed by atoms with Crippen LogP contribution >= 0.6 is 11.6 Å². The van der Waals surface area contributed by atoms with Crippen LogP contribution in [0.25, 0.3) is 0 Å². The van der Waals surface area contributed by atoms with Crippen LogP contribution in [0, 0.1) is 0 Å². The highest BCUT2D eigenvalue weighted by Crippen LogP contribution is 2.38. The molecule has 18 heavy (non-hydrogen) atoms. The molecule has 0 aliphatic carbocycles. The van der Waals surface area contributed by atoms with Gasteiger partial charge in [-0.15, -0.1) is 0 Å². The molecule has 98 valence electrons. The molecule has 6 heteroatoms. The topological polar surface area (TPSA) is 40.6 Å². The van der Waals surface area contributed by atoms with Gasteiger partial charge in [0.25, 0.3) is 0 Å². The van der Waals surface area contributed by atoms with Crippen LogP contribution in [0.4, 0.5) is 5.69 Å². The molecular formula is C12H15ClN2O2S. The molecule has 0 unspecified atom stereocenters. The number of sulfonamides is 1. The maximum absolute atomic E-state index is 11.6. The average molecular weight is 287 g/mol. The number of para-hydroxylation sites is 1. The molecule has 0 radical (unpaired) electrons. The zero-order valence-corrected chi connectivity index (χ0v) is 11.7. The Bertz CT molecular complexity index is 575. The lowest BCUT2D eigenvalue weighted by molar-refractivity contribution is 0.371. The Morgan fingerprint density at radius 3 is 2.50 bits per heavy atom. The van der Waals surface area contributed by atoms with Crippen LogP contribution in [0.15, 0.2) is 24.3 Å². The number of fused-ring (bicyclic) bond motifs is 2. The second-order valence-corrected chi connectivity index (χ2v) is 7.32. The summed E-state index contributed by atoms with van der Waals surface area (Å²) in [5, 5.41) is 0.732. The van der Waals surface area contributed by atoms with Crippen molar-refractivity contribution in [2.75, 3.05) is 24.2 Å². The minimum atomic E-state index is -3.08. The van der Waals surface area contributed by atoms with Gasteiger partial charge in [-0.1, -0.05) is 23.7 Å². The van der Waals surface area contributed by atoms with Gasteiger partial charge < -0.3 is 4.90 Å². The maximum atomic E-state index is 11.6. The molecule has 4 nitrogen and oxygen atoms in total. The van der Waals surface area contributed by atoms with Gasteiger partial charge in [0.1, 0.15) is 0 Å². The quantitative estimate of drug-likeness (QED) is 0.828. The summed E-state index contributed by atoms with van der Waals surface area (Å²) in [6.07, 6.45) is 2.19. The van der Waals surface area contributed by atoms with Crippen LogP contribution in [0.1, 0.15) is 6.42 Å². The van der Waals surface area contributed by atoms with Crippen molar-refractivity contribution in [3.8, 4) is 0 Å². The largest absolute Gasteiger partial charge is 0.364 e. The fourth-order valence-electron chi connectivity index (χ4n) is 3.02. The smallest absolute Gasteiger partial charge is 0.211 e. The normalized spacial score (nSPS) is 28.0. The summed E-state index contributed by atoms with van der Waals surface area (Å²) in [5.41, 5.74) is 1.01. The van der Waals surface area contributed by atoms with E-state index in [-0.39, 0.29) is 12.1 Å². The summed E-state index contributed by atoms with van der Waals surface area (Å²) in [6, 6.07) is 8.08. The molecule has 0 aromatic heterocycles. The molecule has 2 fully saturated rings. The lowest BCUT2D eigenvalue weighted by Crippen LogP contribution is -2.48. The molecule has 2 aliphatic rings. The molecule has 2 saturated heterocycles. The van der Waals surface area contributed by atoms with E-state index in [0.717, 1.165) is 23.7 Å². The van der Waals surface area contributed by atoms with Crippen molar-refractivity contribution in [3.05, 3.63) is 29.3 Å². The summed E-state index contributed by atoms with van der Waals surface area (Å²) in [6.45, 7) is 1.32.